The summed E-state index contributed by atoms with van der Waals surface area (Å²) >= 11 is 7.95. The van der Waals surface area contributed by atoms with Gasteiger partial charge in [0.2, 0.25) is 22.0 Å². The zero-order valence-corrected chi connectivity index (χ0v) is 37.3. The van der Waals surface area contributed by atoms with Gasteiger partial charge in [0.05, 0.1) is 43.3 Å². The summed E-state index contributed by atoms with van der Waals surface area (Å²) < 4.78 is 0. The van der Waals surface area contributed by atoms with E-state index < -0.39 is 11.3 Å². The van der Waals surface area contributed by atoms with Crippen molar-refractivity contribution in [3.05, 3.63) is 133 Å². The lowest BCUT2D eigenvalue weighted by Gasteiger charge is -2.34. The van der Waals surface area contributed by atoms with Crippen molar-refractivity contribution in [1.82, 2.24) is 0 Å². The molecule has 0 saturated carbocycles. The predicted molar refractivity (Wildman–Crippen MR) is 243 cm³/mol. The summed E-state index contributed by atoms with van der Waals surface area (Å²) in [6.07, 6.45) is 5.92. The van der Waals surface area contributed by atoms with E-state index in [1.807, 2.05) is 79.7 Å². The predicted octanol–water partition coefficient (Wildman–Crippen LogP) is 3.28. The maximum Gasteiger partial charge on any atom is 0.231 e. The number of nitrogens with one attached hydrogen (secondary N) is 4. The second-order valence-corrected chi connectivity index (χ2v) is 19.5. The van der Waals surface area contributed by atoms with Crippen molar-refractivity contribution < 1.29 is 29.8 Å². The van der Waals surface area contributed by atoms with Crippen molar-refractivity contribution >= 4 is 90.3 Å². The van der Waals surface area contributed by atoms with Crippen LogP contribution in [0.25, 0.3) is 38.3 Å². The van der Waals surface area contributed by atoms with E-state index in [-0.39, 0.29) is 45.4 Å². The average Bonchev–Trinajstić information content (AvgIpc) is 3.57. The molecule has 10 rings (SSSR count). The lowest BCUT2D eigenvalue weighted by atomic mass is 9.79. The Hall–Kier alpha value is -5.84. The van der Waals surface area contributed by atoms with Gasteiger partial charge in [0.1, 0.15) is 0 Å². The molecule has 2 atom stereocenters. The van der Waals surface area contributed by atoms with Crippen LogP contribution in [0.15, 0.2) is 106 Å². The second kappa shape index (κ2) is 14.6. The zero-order chi connectivity index (χ0) is 43.4. The van der Waals surface area contributed by atoms with Gasteiger partial charge in [-0.05, 0) is 78.4 Å². The van der Waals surface area contributed by atoms with E-state index in [2.05, 4.69) is 60.1 Å². The summed E-state index contributed by atoms with van der Waals surface area (Å²) in [5, 5.41) is 43.6. The molecule has 0 spiro atoms. The SMILES string of the molecule is CCCC1(C)Nc2cccc3cc/c(=C4/C(=O)C(c5ccc6cc/c(=C7/C(=O)C(/C=C8\Sc9ccc(Cl)cc9N8CCC(C)C)=C7[O-])c7c6c5NC(C)(CCC)[NH+]=7)=C4[O-])c(c23)=[NH+]1. The highest BCUT2D eigenvalue weighted by molar-refractivity contribution is 8.03. The Morgan fingerprint density at radius 1 is 0.790 bits per heavy atom. The number of hydrogen-bond acceptors (Lipinski definition) is 8. The van der Waals surface area contributed by atoms with Crippen molar-refractivity contribution in [1.29, 1.82) is 0 Å². The highest BCUT2D eigenvalue weighted by Crippen LogP contribution is 2.48. The van der Waals surface area contributed by atoms with Gasteiger partial charge in [-0.25, -0.2) is 9.98 Å². The Balaban J connectivity index is 1.14. The second-order valence-electron chi connectivity index (χ2n) is 18.0. The van der Waals surface area contributed by atoms with Crippen molar-refractivity contribution in [2.45, 2.75) is 89.9 Å². The van der Waals surface area contributed by atoms with Crippen LogP contribution in [0.1, 0.15) is 79.2 Å². The van der Waals surface area contributed by atoms with Gasteiger partial charge in [-0.15, -0.1) is 0 Å². The number of carbonyl (C=O) groups is 2. The number of fused-ring (bicyclic) bond motifs is 1. The molecule has 0 fully saturated rings. The third kappa shape index (κ3) is 6.20. The summed E-state index contributed by atoms with van der Waals surface area (Å²) in [5.74, 6) is -0.790. The molecule has 3 heterocycles. The number of nitrogens with zero attached hydrogens (tertiary/aromatic N) is 1. The van der Waals surface area contributed by atoms with Crippen molar-refractivity contribution in [2.75, 3.05) is 22.1 Å². The molecule has 314 valence electrons. The van der Waals surface area contributed by atoms with Gasteiger partial charge in [-0.2, -0.15) is 0 Å². The van der Waals surface area contributed by atoms with E-state index in [0.29, 0.717) is 44.4 Å². The number of rotatable bonds is 9. The molecule has 5 aliphatic rings. The molecule has 2 unspecified atom stereocenters. The maximum absolute atomic E-state index is 14.5. The topological polar surface area (TPSA) is 136 Å². The maximum atomic E-state index is 14.5. The molecule has 0 bridgehead atoms. The van der Waals surface area contributed by atoms with E-state index in [4.69, 9.17) is 11.6 Å². The molecular formula is C51H48ClN5O4S. The van der Waals surface area contributed by atoms with Crippen LogP contribution < -0.4 is 56.9 Å². The quantitative estimate of drug-likeness (QED) is 0.178. The van der Waals surface area contributed by atoms with E-state index in [9.17, 15) is 19.8 Å². The number of carbonyl (C=O) groups excluding carboxylic acids is 2. The first-order chi connectivity index (χ1) is 29.7. The number of allylic oxidation sites excluding steroid dienone is 5. The first-order valence-electron chi connectivity index (χ1n) is 21.7. The van der Waals surface area contributed by atoms with Crippen LogP contribution >= 0.6 is 23.4 Å². The fraction of sp³-hybridized carbons (Fsp3) is 0.294. The number of anilines is 3. The van der Waals surface area contributed by atoms with Gasteiger partial charge >= 0.3 is 0 Å². The molecule has 3 aliphatic heterocycles. The Morgan fingerprint density at radius 2 is 1.44 bits per heavy atom. The summed E-state index contributed by atoms with van der Waals surface area (Å²) in [5.41, 5.74) is 2.45. The smallest absolute Gasteiger partial charge is 0.231 e. The number of halogens is 1. The molecule has 5 aromatic carbocycles. The molecule has 62 heavy (non-hydrogen) atoms. The van der Waals surface area contributed by atoms with Crippen molar-refractivity contribution in [2.24, 2.45) is 5.92 Å². The van der Waals surface area contributed by atoms with Crippen LogP contribution in [-0.4, -0.2) is 29.4 Å². The van der Waals surface area contributed by atoms with Crippen LogP contribution in [0.4, 0.5) is 17.1 Å². The van der Waals surface area contributed by atoms with Crippen LogP contribution in [0.3, 0.4) is 0 Å². The Morgan fingerprint density at radius 3 is 2.10 bits per heavy atom. The highest BCUT2D eigenvalue weighted by Gasteiger charge is 2.40. The Bertz CT molecular complexity index is 3240. The van der Waals surface area contributed by atoms with Gasteiger partial charge in [-0.1, -0.05) is 99.0 Å². The molecule has 11 heteroatoms. The molecule has 9 nitrogen and oxygen atoms in total. The minimum atomic E-state index is -0.723. The van der Waals surface area contributed by atoms with E-state index in [1.54, 1.807) is 6.08 Å². The minimum Gasteiger partial charge on any atom is -0.871 e. The van der Waals surface area contributed by atoms with Gasteiger partial charge in [-0.3, -0.25) is 9.59 Å². The Kier molecular flexibility index (Phi) is 9.50. The molecule has 5 aromatic rings. The summed E-state index contributed by atoms with van der Waals surface area (Å²) in [7, 11) is 0. The largest absolute Gasteiger partial charge is 0.871 e. The average molecular weight is 862 g/mol. The number of benzene rings is 5. The van der Waals surface area contributed by atoms with Crippen LogP contribution in [0.2, 0.25) is 5.02 Å². The molecular weight excluding hydrogens is 814 g/mol. The van der Waals surface area contributed by atoms with Gasteiger partial charge in [0.15, 0.2) is 11.6 Å². The third-order valence-electron chi connectivity index (χ3n) is 12.9. The molecule has 0 aromatic heterocycles. The molecule has 0 amide bonds. The van der Waals surface area contributed by atoms with E-state index in [0.717, 1.165) is 80.4 Å². The monoisotopic (exact) mass is 861 g/mol. The summed E-state index contributed by atoms with van der Waals surface area (Å²) in [6.45, 7) is 13.4. The fourth-order valence-electron chi connectivity index (χ4n) is 9.95. The highest BCUT2D eigenvalue weighted by atomic mass is 35.5. The van der Waals surface area contributed by atoms with E-state index in [1.165, 1.54) is 11.8 Å². The first kappa shape index (κ1) is 40.2. The normalized spacial score (nSPS) is 23.7. The zero-order valence-electron chi connectivity index (χ0n) is 35.7. The number of thioether (sulfide) groups is 1. The number of ketones is 2. The first-order valence-corrected chi connectivity index (χ1v) is 22.8. The van der Waals surface area contributed by atoms with Crippen molar-refractivity contribution in [3.63, 3.8) is 0 Å². The standard InChI is InChI=1S/C51H48ClN5O4S/c1-7-21-50(5)53-34-11-9-10-27-12-16-31(43(54-50)38(27)34)41-48(60)42(49(41)61)32-18-14-28-13-17-30(44-39(28)45(32)56-51(6,55-44)22-8-2)40-46(58)33(47(40)59)25-37-57(23-20-26(3)4)35-24-29(52)15-19-36(35)62-37/h9-19,24-26,53,56,58,60H,7-8,20-23H2,1-6H3/b37-25-,40-30-,41-31-. The fourth-order valence-corrected chi connectivity index (χ4v) is 11.2. The molecule has 0 radical (unpaired) electrons. The Labute approximate surface area is 369 Å². The third-order valence-corrected chi connectivity index (χ3v) is 14.2. The van der Waals surface area contributed by atoms with Crippen LogP contribution in [-0.2, 0) is 9.59 Å². The number of Topliss-reactive ketones (excluding diaryl/α,β-unsaturated/α-hetero) is 2. The van der Waals surface area contributed by atoms with Gasteiger partial charge in [0, 0.05) is 71.0 Å². The lowest BCUT2D eigenvalue weighted by Crippen LogP contribution is -2.95. The minimum absolute atomic E-state index is 0.122. The molecule has 2 aliphatic carbocycles. The van der Waals surface area contributed by atoms with Crippen LogP contribution in [0, 0.1) is 5.92 Å². The number of hydrogen-bond donors (Lipinski definition) is 4. The lowest BCUT2D eigenvalue weighted by molar-refractivity contribution is -0.580. The van der Waals surface area contributed by atoms with Gasteiger partial charge in [0.25, 0.3) is 0 Å². The van der Waals surface area contributed by atoms with Crippen LogP contribution in [0.5, 0.6) is 0 Å². The van der Waals surface area contributed by atoms with E-state index >= 15 is 0 Å². The molecule has 0 saturated heterocycles. The summed E-state index contributed by atoms with van der Waals surface area (Å²) in [4.78, 5) is 39.3. The van der Waals surface area contributed by atoms with Gasteiger partial charge < -0.3 is 25.7 Å². The summed E-state index contributed by atoms with van der Waals surface area (Å²) in [6, 6.07) is 23.2. The van der Waals surface area contributed by atoms with Crippen molar-refractivity contribution in [3.8, 4) is 0 Å². The molecule has 4 N–H and O–H groups in total.